The van der Waals surface area contributed by atoms with Gasteiger partial charge >= 0.3 is 0 Å². The van der Waals surface area contributed by atoms with Crippen LogP contribution in [-0.2, 0) is 14.8 Å². The van der Waals surface area contributed by atoms with E-state index < -0.39 is 16.1 Å². The molecule has 2 aromatic carbocycles. The Bertz CT molecular complexity index is 897. The largest absolute Gasteiger partial charge is 0.371 e. The Labute approximate surface area is 154 Å². The molecule has 26 heavy (non-hydrogen) atoms. The van der Waals surface area contributed by atoms with E-state index in [9.17, 15) is 12.8 Å². The summed E-state index contributed by atoms with van der Waals surface area (Å²) in [5.41, 5.74) is 4.29. The third kappa shape index (κ3) is 3.41. The fourth-order valence-corrected chi connectivity index (χ4v) is 5.42. The minimum atomic E-state index is -3.64. The van der Waals surface area contributed by atoms with Crippen LogP contribution in [0.2, 0.25) is 0 Å². The van der Waals surface area contributed by atoms with Gasteiger partial charge in [0.15, 0.2) is 0 Å². The predicted molar refractivity (Wildman–Crippen MR) is 99.2 cm³/mol. The first kappa shape index (κ1) is 19.0. The molecule has 0 bridgehead atoms. The van der Waals surface area contributed by atoms with Crippen molar-refractivity contribution in [3.63, 3.8) is 0 Å². The SMILES string of the molecule is Cc1cc(C)c(C)c(S(=O)(=O)N2CCOC(c3ccc(F)cc3)C2)c1C. The van der Waals surface area contributed by atoms with Crippen LogP contribution in [0.1, 0.15) is 33.9 Å². The van der Waals surface area contributed by atoms with Crippen molar-refractivity contribution in [3.05, 3.63) is 64.0 Å². The fraction of sp³-hybridized carbons (Fsp3) is 0.400. The maximum Gasteiger partial charge on any atom is 0.243 e. The van der Waals surface area contributed by atoms with Crippen molar-refractivity contribution in [3.8, 4) is 0 Å². The van der Waals surface area contributed by atoms with Crippen LogP contribution >= 0.6 is 0 Å². The van der Waals surface area contributed by atoms with Gasteiger partial charge in [-0.3, -0.25) is 0 Å². The summed E-state index contributed by atoms with van der Waals surface area (Å²) in [4.78, 5) is 0.398. The van der Waals surface area contributed by atoms with Crippen LogP contribution in [0.25, 0.3) is 0 Å². The van der Waals surface area contributed by atoms with E-state index in [0.29, 0.717) is 18.0 Å². The summed E-state index contributed by atoms with van der Waals surface area (Å²) in [6.07, 6.45) is -0.398. The summed E-state index contributed by atoms with van der Waals surface area (Å²) in [5.74, 6) is -0.324. The highest BCUT2D eigenvalue weighted by atomic mass is 32.2. The molecular formula is C20H24FNO3S. The van der Waals surface area contributed by atoms with Crippen molar-refractivity contribution >= 4 is 10.0 Å². The lowest BCUT2D eigenvalue weighted by Gasteiger charge is -2.33. The Balaban J connectivity index is 1.96. The lowest BCUT2D eigenvalue weighted by molar-refractivity contribution is -0.00260. The molecule has 0 radical (unpaired) electrons. The van der Waals surface area contributed by atoms with Crippen molar-refractivity contribution in [2.75, 3.05) is 19.7 Å². The minimum Gasteiger partial charge on any atom is -0.371 e. The maximum atomic E-state index is 13.4. The molecule has 140 valence electrons. The van der Waals surface area contributed by atoms with Gasteiger partial charge in [-0.1, -0.05) is 18.2 Å². The van der Waals surface area contributed by atoms with Gasteiger partial charge in [0.05, 0.1) is 17.6 Å². The highest BCUT2D eigenvalue weighted by molar-refractivity contribution is 7.89. The van der Waals surface area contributed by atoms with Crippen LogP contribution in [0.5, 0.6) is 0 Å². The van der Waals surface area contributed by atoms with Gasteiger partial charge in [0.25, 0.3) is 0 Å². The average Bonchev–Trinajstić information content (AvgIpc) is 2.61. The molecule has 2 aromatic rings. The number of hydrogen-bond acceptors (Lipinski definition) is 3. The molecule has 0 N–H and O–H groups in total. The molecule has 1 fully saturated rings. The molecule has 0 aromatic heterocycles. The quantitative estimate of drug-likeness (QED) is 0.817. The molecule has 0 spiro atoms. The lowest BCUT2D eigenvalue weighted by Crippen LogP contribution is -2.42. The number of nitrogens with zero attached hydrogens (tertiary/aromatic N) is 1. The minimum absolute atomic E-state index is 0.222. The molecule has 4 nitrogen and oxygen atoms in total. The number of rotatable bonds is 3. The Morgan fingerprint density at radius 1 is 1.04 bits per heavy atom. The molecular weight excluding hydrogens is 353 g/mol. The monoisotopic (exact) mass is 377 g/mol. The van der Waals surface area contributed by atoms with E-state index in [1.54, 1.807) is 12.1 Å². The van der Waals surface area contributed by atoms with Crippen LogP contribution in [0, 0.1) is 33.5 Å². The van der Waals surface area contributed by atoms with Crippen molar-refractivity contribution in [1.82, 2.24) is 4.31 Å². The van der Waals surface area contributed by atoms with Gasteiger partial charge in [0.2, 0.25) is 10.0 Å². The number of halogens is 1. The van der Waals surface area contributed by atoms with Gasteiger partial charge in [-0.2, -0.15) is 4.31 Å². The van der Waals surface area contributed by atoms with Gasteiger partial charge in [-0.05, 0) is 67.6 Å². The number of morpholine rings is 1. The van der Waals surface area contributed by atoms with Gasteiger partial charge in [-0.15, -0.1) is 0 Å². The van der Waals surface area contributed by atoms with Crippen LogP contribution in [0.3, 0.4) is 0 Å². The predicted octanol–water partition coefficient (Wildman–Crippen LogP) is 3.82. The van der Waals surface area contributed by atoms with Gasteiger partial charge < -0.3 is 4.74 Å². The number of hydrogen-bond donors (Lipinski definition) is 0. The first-order valence-corrected chi connectivity index (χ1v) is 10.1. The molecule has 1 unspecified atom stereocenters. The van der Waals surface area contributed by atoms with Crippen LogP contribution in [-0.4, -0.2) is 32.4 Å². The zero-order valence-corrected chi connectivity index (χ0v) is 16.4. The molecule has 0 amide bonds. The van der Waals surface area contributed by atoms with Crippen molar-refractivity contribution in [2.45, 2.75) is 38.7 Å². The highest BCUT2D eigenvalue weighted by Gasteiger charge is 2.34. The Morgan fingerprint density at radius 2 is 1.62 bits per heavy atom. The van der Waals surface area contributed by atoms with Gasteiger partial charge in [0, 0.05) is 13.1 Å². The third-order valence-electron chi connectivity index (χ3n) is 5.17. The molecule has 1 heterocycles. The third-order valence-corrected chi connectivity index (χ3v) is 7.31. The molecule has 6 heteroatoms. The number of ether oxygens (including phenoxy) is 1. The van der Waals surface area contributed by atoms with Crippen LogP contribution in [0.4, 0.5) is 4.39 Å². The highest BCUT2D eigenvalue weighted by Crippen LogP contribution is 2.32. The van der Waals surface area contributed by atoms with Gasteiger partial charge in [0.1, 0.15) is 5.82 Å². The standard InChI is InChI=1S/C20H24FNO3S/c1-13-11-14(2)16(4)20(15(13)3)26(23,24)22-9-10-25-19(12-22)17-5-7-18(21)8-6-17/h5-8,11,19H,9-10,12H2,1-4H3. The summed E-state index contributed by atoms with van der Waals surface area (Å²) < 4.78 is 47.1. The Morgan fingerprint density at radius 3 is 2.19 bits per heavy atom. The topological polar surface area (TPSA) is 46.6 Å². The average molecular weight is 377 g/mol. The van der Waals surface area contributed by atoms with E-state index in [1.165, 1.54) is 16.4 Å². The number of sulfonamides is 1. The van der Waals surface area contributed by atoms with E-state index in [0.717, 1.165) is 27.8 Å². The molecule has 1 saturated heterocycles. The zero-order valence-electron chi connectivity index (χ0n) is 15.5. The maximum absolute atomic E-state index is 13.4. The Kier molecular flexibility index (Phi) is 5.19. The summed E-state index contributed by atoms with van der Waals surface area (Å²) in [5, 5.41) is 0. The molecule has 0 saturated carbocycles. The summed E-state index contributed by atoms with van der Waals surface area (Å²) in [6, 6.07) is 8.03. The molecule has 1 atom stereocenters. The smallest absolute Gasteiger partial charge is 0.243 e. The van der Waals surface area contributed by atoms with Gasteiger partial charge in [-0.25, -0.2) is 12.8 Å². The van der Waals surface area contributed by atoms with E-state index in [1.807, 2.05) is 33.8 Å². The van der Waals surface area contributed by atoms with Crippen LogP contribution in [0.15, 0.2) is 35.2 Å². The van der Waals surface area contributed by atoms with Crippen molar-refractivity contribution in [2.24, 2.45) is 0 Å². The number of aryl methyl sites for hydroxylation is 2. The Hall–Kier alpha value is -1.76. The fourth-order valence-electron chi connectivity index (χ4n) is 3.42. The van der Waals surface area contributed by atoms with Crippen molar-refractivity contribution in [1.29, 1.82) is 0 Å². The first-order chi connectivity index (χ1) is 12.2. The molecule has 0 aliphatic carbocycles. The summed E-state index contributed by atoms with van der Waals surface area (Å²) >= 11 is 0. The summed E-state index contributed by atoms with van der Waals surface area (Å²) in [7, 11) is -3.64. The molecule has 1 aliphatic rings. The second kappa shape index (κ2) is 7.10. The van der Waals surface area contributed by atoms with Crippen LogP contribution < -0.4 is 0 Å². The van der Waals surface area contributed by atoms with E-state index in [2.05, 4.69) is 0 Å². The van der Waals surface area contributed by atoms with E-state index in [-0.39, 0.29) is 12.4 Å². The first-order valence-electron chi connectivity index (χ1n) is 8.66. The second-order valence-corrected chi connectivity index (χ2v) is 8.74. The number of benzene rings is 2. The van der Waals surface area contributed by atoms with Crippen molar-refractivity contribution < 1.29 is 17.5 Å². The van der Waals surface area contributed by atoms with E-state index in [4.69, 9.17) is 4.74 Å². The second-order valence-electron chi connectivity index (χ2n) is 6.86. The summed E-state index contributed by atoms with van der Waals surface area (Å²) in [6.45, 7) is 8.41. The van der Waals surface area contributed by atoms with E-state index >= 15 is 0 Å². The molecule has 3 rings (SSSR count). The normalized spacial score (nSPS) is 18.9. The lowest BCUT2D eigenvalue weighted by atomic mass is 10.0. The molecule has 1 aliphatic heterocycles. The zero-order chi connectivity index (χ0) is 19.1.